The first kappa shape index (κ1) is 7.13. The molecule has 0 aliphatic carbocycles. The maximum absolute atomic E-state index is 2.30. The van der Waals surface area contributed by atoms with Gasteiger partial charge in [0.05, 0.1) is 9.52 Å². The zero-order valence-corrected chi connectivity index (χ0v) is 7.49. The van der Waals surface area contributed by atoms with Gasteiger partial charge in [-0.15, -0.1) is 5.47 Å². The predicted octanol–water partition coefficient (Wildman–Crippen LogP) is 2.08. The van der Waals surface area contributed by atoms with Gasteiger partial charge < -0.3 is 0 Å². The van der Waals surface area contributed by atoms with Gasteiger partial charge in [0.1, 0.15) is 0 Å². The summed E-state index contributed by atoms with van der Waals surface area (Å²) < 4.78 is 0. The van der Waals surface area contributed by atoms with Crippen molar-refractivity contribution in [2.75, 3.05) is 0 Å². The molecule has 0 saturated carbocycles. The predicted molar refractivity (Wildman–Crippen MR) is 45.4 cm³/mol. The van der Waals surface area contributed by atoms with Gasteiger partial charge in [-0.25, -0.2) is 0 Å². The zero-order valence-electron chi connectivity index (χ0n) is 6.49. The molecule has 0 aromatic heterocycles. The van der Waals surface area contributed by atoms with Crippen LogP contribution in [0.5, 0.6) is 0 Å². The second-order valence-electron chi connectivity index (χ2n) is 2.98. The summed E-state index contributed by atoms with van der Waals surface area (Å²) >= 11 is 0. The van der Waals surface area contributed by atoms with Gasteiger partial charge >= 0.3 is 0 Å². The SMILES string of the molecule is CB(C)C1=C(C)[Si]CC1. The van der Waals surface area contributed by atoms with Crippen molar-refractivity contribution in [3.8, 4) is 0 Å². The van der Waals surface area contributed by atoms with Crippen LogP contribution in [0.15, 0.2) is 10.7 Å². The summed E-state index contributed by atoms with van der Waals surface area (Å²) in [6, 6.07) is 1.43. The first-order chi connectivity index (χ1) is 4.22. The molecule has 48 valence electrons. The molecule has 0 nitrogen and oxygen atoms in total. The Bertz CT molecular complexity index is 138. The molecule has 0 aromatic rings. The van der Waals surface area contributed by atoms with Crippen LogP contribution in [0.2, 0.25) is 19.7 Å². The van der Waals surface area contributed by atoms with E-state index in [0.29, 0.717) is 0 Å². The van der Waals surface area contributed by atoms with Crippen molar-refractivity contribution in [1.82, 2.24) is 0 Å². The Kier molecular flexibility index (Phi) is 2.17. The average molecular weight is 136 g/mol. The Hall–Kier alpha value is 0.0218. The minimum atomic E-state index is 0.806. The van der Waals surface area contributed by atoms with E-state index in [1.54, 1.807) is 10.7 Å². The minimum absolute atomic E-state index is 0.806. The summed E-state index contributed by atoms with van der Waals surface area (Å²) in [5, 5.41) is 1.69. The molecule has 0 fully saturated rings. The molecule has 2 radical (unpaired) electrons. The largest absolute Gasteiger partial charge is 0.163 e. The first-order valence-electron chi connectivity index (χ1n) is 3.65. The third kappa shape index (κ3) is 1.48. The lowest BCUT2D eigenvalue weighted by atomic mass is 9.48. The van der Waals surface area contributed by atoms with Crippen LogP contribution in [0.25, 0.3) is 0 Å². The normalized spacial score (nSPS) is 19.0. The highest BCUT2D eigenvalue weighted by atomic mass is 28.2. The van der Waals surface area contributed by atoms with E-state index in [-0.39, 0.29) is 0 Å². The van der Waals surface area contributed by atoms with Crippen molar-refractivity contribution in [1.29, 1.82) is 0 Å². The Labute approximate surface area is 60.6 Å². The molecule has 2 heteroatoms. The molecule has 1 rings (SSSR count). The summed E-state index contributed by atoms with van der Waals surface area (Å²) in [6.45, 7) is 7.70. The standard InChI is InChI=1S/C7H13BSi/c1-6-7(8(2)3)4-5-9-6/h4-5H2,1-3H3. The Morgan fingerprint density at radius 3 is 2.33 bits per heavy atom. The quantitative estimate of drug-likeness (QED) is 0.484. The summed E-state index contributed by atoms with van der Waals surface area (Å²) in [4.78, 5) is 0. The minimum Gasteiger partial charge on any atom is -0.107 e. The van der Waals surface area contributed by atoms with Gasteiger partial charge in [0.25, 0.3) is 0 Å². The Balaban J connectivity index is 2.66. The highest BCUT2D eigenvalue weighted by Gasteiger charge is 2.15. The second kappa shape index (κ2) is 2.74. The molecule has 0 amide bonds. The molecule has 0 N–H and O–H groups in total. The fraction of sp³-hybridized carbons (Fsp3) is 0.714. The van der Waals surface area contributed by atoms with E-state index in [9.17, 15) is 0 Å². The second-order valence-corrected chi connectivity index (χ2v) is 4.59. The van der Waals surface area contributed by atoms with E-state index in [2.05, 4.69) is 20.6 Å². The molecular weight excluding hydrogens is 123 g/mol. The smallest absolute Gasteiger partial charge is 0.107 e. The molecule has 0 unspecified atom stereocenters. The fourth-order valence-corrected chi connectivity index (χ4v) is 2.82. The van der Waals surface area contributed by atoms with Crippen molar-refractivity contribution in [3.05, 3.63) is 10.7 Å². The van der Waals surface area contributed by atoms with Crippen molar-refractivity contribution < 1.29 is 0 Å². The van der Waals surface area contributed by atoms with Crippen LogP contribution in [0.1, 0.15) is 13.3 Å². The lowest BCUT2D eigenvalue weighted by Crippen LogP contribution is -2.04. The summed E-state index contributed by atoms with van der Waals surface area (Å²) in [7, 11) is 1.14. The van der Waals surface area contributed by atoms with E-state index < -0.39 is 0 Å². The molecule has 1 aliphatic heterocycles. The van der Waals surface area contributed by atoms with Crippen molar-refractivity contribution in [2.45, 2.75) is 33.0 Å². The number of hydrogen-bond donors (Lipinski definition) is 0. The maximum Gasteiger partial charge on any atom is 0.163 e. The van der Waals surface area contributed by atoms with Gasteiger partial charge in [-0.1, -0.05) is 24.9 Å². The van der Waals surface area contributed by atoms with Crippen LogP contribution in [0.3, 0.4) is 0 Å². The van der Waals surface area contributed by atoms with E-state index in [1.165, 1.54) is 12.5 Å². The monoisotopic (exact) mass is 136 g/mol. The van der Waals surface area contributed by atoms with Crippen LogP contribution < -0.4 is 0 Å². The fourth-order valence-electron chi connectivity index (χ4n) is 1.41. The van der Waals surface area contributed by atoms with E-state index in [1.807, 2.05) is 0 Å². The van der Waals surface area contributed by atoms with E-state index >= 15 is 0 Å². The van der Waals surface area contributed by atoms with Gasteiger partial charge in [-0.05, 0) is 13.3 Å². The molecule has 0 aromatic carbocycles. The third-order valence-corrected chi connectivity index (χ3v) is 3.31. The van der Waals surface area contributed by atoms with Gasteiger partial charge in [0.2, 0.25) is 0 Å². The summed E-state index contributed by atoms with van der Waals surface area (Å²) in [6.07, 6.45) is 1.38. The van der Waals surface area contributed by atoms with Crippen LogP contribution in [0, 0.1) is 0 Å². The van der Waals surface area contributed by atoms with Crippen molar-refractivity contribution in [2.24, 2.45) is 0 Å². The van der Waals surface area contributed by atoms with Crippen LogP contribution in [0.4, 0.5) is 0 Å². The molecule has 1 aliphatic rings. The zero-order chi connectivity index (χ0) is 6.85. The maximum atomic E-state index is 2.30. The van der Waals surface area contributed by atoms with Crippen molar-refractivity contribution in [3.63, 3.8) is 0 Å². The van der Waals surface area contributed by atoms with E-state index in [0.717, 1.165) is 16.2 Å². The first-order valence-corrected chi connectivity index (χ1v) is 4.86. The lowest BCUT2D eigenvalue weighted by molar-refractivity contribution is 1.19. The van der Waals surface area contributed by atoms with Crippen LogP contribution in [-0.2, 0) is 0 Å². The van der Waals surface area contributed by atoms with Crippen LogP contribution >= 0.6 is 0 Å². The molecule has 0 atom stereocenters. The Morgan fingerprint density at radius 2 is 2.11 bits per heavy atom. The van der Waals surface area contributed by atoms with Gasteiger partial charge in [-0.2, -0.15) is 0 Å². The highest BCUT2D eigenvalue weighted by Crippen LogP contribution is 2.21. The molecular formula is C7H13BSi. The molecule has 1 heterocycles. The molecule has 0 bridgehead atoms. The Morgan fingerprint density at radius 1 is 1.44 bits per heavy atom. The number of hydrogen-bond acceptors (Lipinski definition) is 0. The summed E-state index contributed by atoms with van der Waals surface area (Å²) in [5.74, 6) is 0. The molecule has 0 saturated heterocycles. The number of allylic oxidation sites excluding steroid dienone is 2. The molecule has 0 spiro atoms. The van der Waals surface area contributed by atoms with Crippen LogP contribution in [-0.4, -0.2) is 16.2 Å². The average Bonchev–Trinajstić information content (AvgIpc) is 2.13. The van der Waals surface area contributed by atoms with Gasteiger partial charge in [0.15, 0.2) is 6.71 Å². The highest BCUT2D eigenvalue weighted by molar-refractivity contribution is 6.67. The lowest BCUT2D eigenvalue weighted by Gasteiger charge is -2.03. The summed E-state index contributed by atoms with van der Waals surface area (Å²) in [5.41, 5.74) is 1.73. The van der Waals surface area contributed by atoms with Crippen molar-refractivity contribution >= 4 is 16.2 Å². The third-order valence-electron chi connectivity index (χ3n) is 1.96. The van der Waals surface area contributed by atoms with Gasteiger partial charge in [-0.3, -0.25) is 0 Å². The number of rotatable bonds is 1. The van der Waals surface area contributed by atoms with Gasteiger partial charge in [0, 0.05) is 0 Å². The topological polar surface area (TPSA) is 0 Å². The molecule has 9 heavy (non-hydrogen) atoms. The van der Waals surface area contributed by atoms with E-state index in [4.69, 9.17) is 0 Å².